The van der Waals surface area contributed by atoms with Gasteiger partial charge in [-0.05, 0) is 71.1 Å². The molecule has 1 fully saturated rings. The van der Waals surface area contributed by atoms with Crippen LogP contribution in [0.3, 0.4) is 0 Å². The number of nitrogens with zero attached hydrogens (tertiary/aromatic N) is 4. The number of pyridine rings is 1. The Kier molecular flexibility index (Phi) is 6.70. The van der Waals surface area contributed by atoms with Crippen LogP contribution in [0.4, 0.5) is 11.6 Å². The Morgan fingerprint density at radius 2 is 1.78 bits per heavy atom. The molecule has 0 radical (unpaired) electrons. The van der Waals surface area contributed by atoms with Gasteiger partial charge in [-0.15, -0.1) is 0 Å². The highest BCUT2D eigenvalue weighted by Crippen LogP contribution is 2.28. The molecule has 0 atom stereocenters. The van der Waals surface area contributed by atoms with Crippen LogP contribution in [0.15, 0.2) is 55.1 Å². The lowest BCUT2D eigenvalue weighted by atomic mass is 9.93. The van der Waals surface area contributed by atoms with Gasteiger partial charge < -0.3 is 15.5 Å². The third-order valence-corrected chi connectivity index (χ3v) is 6.13. The molecule has 168 valence electrons. The van der Waals surface area contributed by atoms with Gasteiger partial charge in [0.15, 0.2) is 0 Å². The lowest BCUT2D eigenvalue weighted by Crippen LogP contribution is -2.39. The summed E-state index contributed by atoms with van der Waals surface area (Å²) in [5.41, 5.74) is 2.95. The zero-order valence-corrected chi connectivity index (χ0v) is 19.6. The molecule has 2 aromatic heterocycles. The lowest BCUT2D eigenvalue weighted by Gasteiger charge is -2.35. The first kappa shape index (κ1) is 22.2. The van der Waals surface area contributed by atoms with Gasteiger partial charge in [-0.3, -0.25) is 4.98 Å². The van der Waals surface area contributed by atoms with Crippen LogP contribution in [-0.2, 0) is 0 Å². The normalized spacial score (nSPS) is 15.4. The smallest absolute Gasteiger partial charge is 0.145 e. The number of piperidine rings is 1. The van der Waals surface area contributed by atoms with Gasteiger partial charge in [0.2, 0.25) is 0 Å². The predicted octanol–water partition coefficient (Wildman–Crippen LogP) is 5.56. The Bertz CT molecular complexity index is 1080. The minimum atomic E-state index is 0.307. The molecule has 2 N–H and O–H groups in total. The number of nitrogens with one attached hydrogen (secondary N) is 2. The first-order chi connectivity index (χ1) is 15.4. The summed E-state index contributed by atoms with van der Waals surface area (Å²) in [4.78, 5) is 16.2. The van der Waals surface area contributed by atoms with Crippen LogP contribution >= 0.6 is 0 Å². The van der Waals surface area contributed by atoms with E-state index in [1.54, 1.807) is 12.4 Å². The topological polar surface area (TPSA) is 66.0 Å². The summed E-state index contributed by atoms with van der Waals surface area (Å²) in [5.74, 6) is 2.11. The third kappa shape index (κ3) is 5.25. The first-order valence-corrected chi connectivity index (χ1v) is 11.6. The first-order valence-electron chi connectivity index (χ1n) is 11.6. The number of rotatable bonds is 7. The zero-order valence-electron chi connectivity index (χ0n) is 19.6. The van der Waals surface area contributed by atoms with Gasteiger partial charge in [0.1, 0.15) is 11.6 Å². The molecule has 0 aliphatic carbocycles. The summed E-state index contributed by atoms with van der Waals surface area (Å²) in [6, 6.07) is 9.32. The number of hydrogen-bond acceptors (Lipinski definition) is 6. The van der Waals surface area contributed by atoms with Gasteiger partial charge in [-0.1, -0.05) is 18.7 Å². The van der Waals surface area contributed by atoms with Crippen molar-refractivity contribution in [3.8, 4) is 11.3 Å². The zero-order chi connectivity index (χ0) is 22.7. The number of anilines is 2. The molecule has 0 saturated carbocycles. The molecule has 6 heteroatoms. The number of aromatic nitrogens is 3. The van der Waals surface area contributed by atoms with E-state index in [9.17, 15) is 0 Å². The van der Waals surface area contributed by atoms with Crippen molar-refractivity contribution in [1.29, 1.82) is 0 Å². The molecule has 1 aromatic carbocycles. The van der Waals surface area contributed by atoms with E-state index in [2.05, 4.69) is 84.0 Å². The van der Waals surface area contributed by atoms with Crippen LogP contribution in [0.2, 0.25) is 0 Å². The van der Waals surface area contributed by atoms with Gasteiger partial charge >= 0.3 is 0 Å². The van der Waals surface area contributed by atoms with Gasteiger partial charge in [0.25, 0.3) is 0 Å². The second-order valence-corrected chi connectivity index (χ2v) is 9.27. The highest BCUT2D eigenvalue weighted by atomic mass is 15.2. The van der Waals surface area contributed by atoms with Crippen molar-refractivity contribution < 1.29 is 0 Å². The highest BCUT2D eigenvalue weighted by Gasteiger charge is 2.23. The van der Waals surface area contributed by atoms with Crippen LogP contribution in [0.5, 0.6) is 0 Å². The molecule has 32 heavy (non-hydrogen) atoms. The molecule has 4 rings (SSSR count). The fraction of sp³-hybridized carbons (Fsp3) is 0.423. The Labute approximate surface area is 191 Å². The Morgan fingerprint density at radius 3 is 2.50 bits per heavy atom. The molecule has 3 aromatic rings. The lowest BCUT2D eigenvalue weighted by molar-refractivity contribution is 0.161. The second kappa shape index (κ2) is 9.65. The molecule has 1 aliphatic heterocycles. The molecular weight excluding hydrogens is 396 g/mol. The summed E-state index contributed by atoms with van der Waals surface area (Å²) >= 11 is 0. The molecule has 0 unspecified atom stereocenters. The quantitative estimate of drug-likeness (QED) is 0.512. The number of hydrogen-bond donors (Lipinski definition) is 2. The van der Waals surface area contributed by atoms with Crippen LogP contribution in [-0.4, -0.2) is 45.0 Å². The van der Waals surface area contributed by atoms with Gasteiger partial charge in [0.05, 0.1) is 18.1 Å². The van der Waals surface area contributed by atoms with Crippen molar-refractivity contribution >= 4 is 22.4 Å². The van der Waals surface area contributed by atoms with Crippen LogP contribution in [0.25, 0.3) is 22.0 Å². The summed E-state index contributed by atoms with van der Waals surface area (Å²) in [6.07, 6.45) is 7.76. The van der Waals surface area contributed by atoms with Gasteiger partial charge in [0, 0.05) is 40.8 Å². The molecule has 0 bridgehead atoms. The Hall–Kier alpha value is -2.99. The second-order valence-electron chi connectivity index (χ2n) is 9.27. The van der Waals surface area contributed by atoms with E-state index in [-0.39, 0.29) is 0 Å². The van der Waals surface area contributed by atoms with E-state index >= 15 is 0 Å². The number of allylic oxidation sites excluding steroid dienone is 1. The van der Waals surface area contributed by atoms with Crippen molar-refractivity contribution in [3.63, 3.8) is 0 Å². The molecule has 1 aliphatic rings. The van der Waals surface area contributed by atoms with E-state index in [0.29, 0.717) is 18.0 Å². The van der Waals surface area contributed by atoms with E-state index in [1.165, 1.54) is 0 Å². The predicted molar refractivity (Wildman–Crippen MR) is 134 cm³/mol. The molecule has 1 saturated heterocycles. The minimum Gasteiger partial charge on any atom is -0.367 e. The maximum absolute atomic E-state index is 4.72. The Balaban J connectivity index is 1.50. The van der Waals surface area contributed by atoms with Gasteiger partial charge in [-0.2, -0.15) is 0 Å². The molecule has 0 amide bonds. The maximum atomic E-state index is 4.72. The average molecular weight is 431 g/mol. The Morgan fingerprint density at radius 1 is 1.00 bits per heavy atom. The van der Waals surface area contributed by atoms with E-state index < -0.39 is 0 Å². The van der Waals surface area contributed by atoms with Crippen LogP contribution in [0, 0.1) is 5.92 Å². The number of fused-ring (bicyclic) bond motifs is 1. The fourth-order valence-electron chi connectivity index (χ4n) is 4.27. The summed E-state index contributed by atoms with van der Waals surface area (Å²) in [6.45, 7) is 15.3. The van der Waals surface area contributed by atoms with Crippen LogP contribution in [0.1, 0.15) is 40.5 Å². The SMILES string of the molecule is C=C(Nc1cc2cc(-c3cncc(NC(C)C)n3)ccc2cn1)C1CCN(C(C)C)CC1. The molecular formula is C26H34N6. The van der Waals surface area contributed by atoms with Crippen molar-refractivity contribution in [1.82, 2.24) is 19.9 Å². The monoisotopic (exact) mass is 430 g/mol. The molecule has 0 spiro atoms. The van der Waals surface area contributed by atoms with E-state index in [1.807, 2.05) is 6.20 Å². The minimum absolute atomic E-state index is 0.307. The number of likely N-dealkylation sites (tertiary alicyclic amines) is 1. The molecule has 6 nitrogen and oxygen atoms in total. The summed E-state index contributed by atoms with van der Waals surface area (Å²) < 4.78 is 0. The average Bonchev–Trinajstić information content (AvgIpc) is 2.78. The molecule has 3 heterocycles. The standard InChI is InChI=1S/C26H34N6/c1-17(2)29-26-16-27-15-24(31-26)21-6-7-22-14-28-25(13-23(22)12-21)30-19(5)20-8-10-32(11-9-20)18(3)4/h6-7,12-18,20H,5,8-11H2,1-4H3,(H,28,30)(H,29,31). The van der Waals surface area contributed by atoms with Crippen LogP contribution < -0.4 is 10.6 Å². The third-order valence-electron chi connectivity index (χ3n) is 6.13. The number of benzene rings is 1. The van der Waals surface area contributed by atoms with Crippen molar-refractivity contribution in [2.75, 3.05) is 23.7 Å². The largest absolute Gasteiger partial charge is 0.367 e. The van der Waals surface area contributed by atoms with Gasteiger partial charge in [-0.25, -0.2) is 9.97 Å². The fourth-order valence-corrected chi connectivity index (χ4v) is 4.27. The van der Waals surface area contributed by atoms with E-state index in [4.69, 9.17) is 4.98 Å². The van der Waals surface area contributed by atoms with Crippen molar-refractivity contribution in [2.45, 2.75) is 52.6 Å². The summed E-state index contributed by atoms with van der Waals surface area (Å²) in [7, 11) is 0. The highest BCUT2D eigenvalue weighted by molar-refractivity contribution is 5.88. The van der Waals surface area contributed by atoms with Crippen molar-refractivity contribution in [3.05, 3.63) is 55.1 Å². The maximum Gasteiger partial charge on any atom is 0.145 e. The van der Waals surface area contributed by atoms with Crippen molar-refractivity contribution in [2.24, 2.45) is 5.92 Å². The van der Waals surface area contributed by atoms with E-state index in [0.717, 1.165) is 65.3 Å². The summed E-state index contributed by atoms with van der Waals surface area (Å²) in [5, 5.41) is 9.01.